The van der Waals surface area contributed by atoms with Gasteiger partial charge in [-0.2, -0.15) is 0 Å². The number of esters is 1. The van der Waals surface area contributed by atoms with E-state index in [4.69, 9.17) is 4.74 Å². The van der Waals surface area contributed by atoms with Gasteiger partial charge in [0, 0.05) is 0 Å². The monoisotopic (exact) mass is 263 g/mol. The van der Waals surface area contributed by atoms with Crippen molar-refractivity contribution in [1.82, 2.24) is 5.32 Å². The molecule has 0 aromatic heterocycles. The fourth-order valence-electron chi connectivity index (χ4n) is 2.17. The van der Waals surface area contributed by atoms with Gasteiger partial charge in [0.05, 0.1) is 24.5 Å². The van der Waals surface area contributed by atoms with E-state index in [1.807, 2.05) is 30.3 Å². The zero-order valence-corrected chi connectivity index (χ0v) is 10.7. The van der Waals surface area contributed by atoms with Crippen LogP contribution < -0.4 is 5.32 Å². The normalized spacial score (nSPS) is 23.2. The molecule has 102 valence electrons. The van der Waals surface area contributed by atoms with Gasteiger partial charge in [0.1, 0.15) is 6.61 Å². The van der Waals surface area contributed by atoms with E-state index in [1.54, 1.807) is 6.92 Å². The molecule has 0 aliphatic carbocycles. The lowest BCUT2D eigenvalue weighted by molar-refractivity contribution is -0.150. The first-order chi connectivity index (χ1) is 9.08. The number of nitrogens with one attached hydrogen (secondary N) is 1. The minimum atomic E-state index is -0.749. The maximum Gasteiger partial charge on any atom is 0.308 e. The second-order valence-corrected chi connectivity index (χ2v) is 4.73. The summed E-state index contributed by atoms with van der Waals surface area (Å²) >= 11 is 0. The predicted molar refractivity (Wildman–Crippen MR) is 68.0 cm³/mol. The van der Waals surface area contributed by atoms with Gasteiger partial charge in [-0.3, -0.25) is 9.59 Å². The highest BCUT2D eigenvalue weighted by Gasteiger charge is 2.43. The van der Waals surface area contributed by atoms with Crippen LogP contribution in [0.25, 0.3) is 0 Å². The molecule has 1 aromatic carbocycles. The number of rotatable bonds is 5. The Bertz CT molecular complexity index is 458. The van der Waals surface area contributed by atoms with E-state index in [1.165, 1.54) is 0 Å². The van der Waals surface area contributed by atoms with Gasteiger partial charge in [0.25, 0.3) is 0 Å². The Kier molecular flexibility index (Phi) is 4.16. The summed E-state index contributed by atoms with van der Waals surface area (Å²) in [6, 6.07) is 9.06. The maximum atomic E-state index is 11.6. The molecule has 19 heavy (non-hydrogen) atoms. The van der Waals surface area contributed by atoms with Gasteiger partial charge >= 0.3 is 5.97 Å². The van der Waals surface area contributed by atoms with Crippen molar-refractivity contribution in [3.05, 3.63) is 35.9 Å². The lowest BCUT2D eigenvalue weighted by Crippen LogP contribution is -2.62. The summed E-state index contributed by atoms with van der Waals surface area (Å²) in [6.45, 7) is 1.77. The van der Waals surface area contributed by atoms with Crippen LogP contribution in [0, 0.1) is 5.92 Å². The molecule has 5 heteroatoms. The van der Waals surface area contributed by atoms with Crippen LogP contribution in [-0.2, 0) is 20.9 Å². The van der Waals surface area contributed by atoms with Crippen LogP contribution >= 0.6 is 0 Å². The van der Waals surface area contributed by atoms with Crippen LogP contribution in [0.4, 0.5) is 0 Å². The summed E-state index contributed by atoms with van der Waals surface area (Å²) in [7, 11) is 0. The van der Waals surface area contributed by atoms with Crippen molar-refractivity contribution in [2.75, 3.05) is 0 Å². The third-order valence-corrected chi connectivity index (χ3v) is 3.21. The second kappa shape index (κ2) is 5.84. The minimum Gasteiger partial charge on any atom is -0.461 e. The first kappa shape index (κ1) is 13.5. The summed E-state index contributed by atoms with van der Waals surface area (Å²) < 4.78 is 5.13. The van der Waals surface area contributed by atoms with Gasteiger partial charge in [-0.25, -0.2) is 0 Å². The van der Waals surface area contributed by atoms with Crippen molar-refractivity contribution in [3.63, 3.8) is 0 Å². The molecule has 1 aliphatic heterocycles. The van der Waals surface area contributed by atoms with Crippen LogP contribution in [0.5, 0.6) is 0 Å². The highest BCUT2D eigenvalue weighted by Crippen LogP contribution is 2.22. The SMILES string of the molecule is C[C@@H](O)[C@@H]1C(=O)N[C@@H]1CC(=O)OCc1ccccc1. The molecular weight excluding hydrogens is 246 g/mol. The number of hydrogen-bond acceptors (Lipinski definition) is 4. The number of carbonyl (C=O) groups excluding carboxylic acids is 2. The molecule has 0 unspecified atom stereocenters. The molecule has 5 nitrogen and oxygen atoms in total. The molecule has 0 bridgehead atoms. The van der Waals surface area contributed by atoms with E-state index in [0.29, 0.717) is 0 Å². The van der Waals surface area contributed by atoms with E-state index in [2.05, 4.69) is 5.32 Å². The van der Waals surface area contributed by atoms with Crippen LogP contribution in [0.2, 0.25) is 0 Å². The van der Waals surface area contributed by atoms with Crippen molar-refractivity contribution in [3.8, 4) is 0 Å². The van der Waals surface area contributed by atoms with E-state index in [-0.39, 0.29) is 30.9 Å². The molecule has 0 radical (unpaired) electrons. The molecule has 3 atom stereocenters. The standard InChI is InChI=1S/C14H17NO4/c1-9(16)13-11(15-14(13)18)7-12(17)19-8-10-5-3-2-4-6-10/h2-6,9,11,13,16H,7-8H2,1H3,(H,15,18)/t9-,11-,13+/m1/s1. The van der Waals surface area contributed by atoms with Gasteiger partial charge in [0.15, 0.2) is 0 Å². The van der Waals surface area contributed by atoms with Crippen molar-refractivity contribution >= 4 is 11.9 Å². The fourth-order valence-corrected chi connectivity index (χ4v) is 2.17. The molecule has 1 aliphatic rings. The Balaban J connectivity index is 1.78. The van der Waals surface area contributed by atoms with E-state index >= 15 is 0 Å². The average molecular weight is 263 g/mol. The van der Waals surface area contributed by atoms with Crippen molar-refractivity contribution in [2.24, 2.45) is 5.92 Å². The summed E-state index contributed by atoms with van der Waals surface area (Å²) in [6.07, 6.45) is -0.658. The van der Waals surface area contributed by atoms with Gasteiger partial charge in [0.2, 0.25) is 5.91 Å². The van der Waals surface area contributed by atoms with Crippen molar-refractivity contribution in [2.45, 2.75) is 32.1 Å². The quantitative estimate of drug-likeness (QED) is 0.603. The fraction of sp³-hybridized carbons (Fsp3) is 0.429. The van der Waals surface area contributed by atoms with Crippen molar-refractivity contribution in [1.29, 1.82) is 0 Å². The van der Waals surface area contributed by atoms with Gasteiger partial charge < -0.3 is 15.2 Å². The lowest BCUT2D eigenvalue weighted by atomic mass is 9.84. The van der Waals surface area contributed by atoms with Crippen molar-refractivity contribution < 1.29 is 19.4 Å². The summed E-state index contributed by atoms with van der Waals surface area (Å²) in [5, 5.41) is 12.0. The zero-order valence-electron chi connectivity index (χ0n) is 10.7. The number of aliphatic hydroxyl groups is 1. The first-order valence-corrected chi connectivity index (χ1v) is 6.26. The summed E-state index contributed by atoms with van der Waals surface area (Å²) in [4.78, 5) is 22.9. The van der Waals surface area contributed by atoms with E-state index < -0.39 is 12.0 Å². The Labute approximate surface area is 111 Å². The lowest BCUT2D eigenvalue weighted by Gasteiger charge is -2.37. The number of amides is 1. The number of β-lactam (4-membered cyclic amide) rings is 1. The Hall–Kier alpha value is -1.88. The molecule has 2 rings (SSSR count). The number of ether oxygens (including phenoxy) is 1. The van der Waals surface area contributed by atoms with Crippen LogP contribution in [0.15, 0.2) is 30.3 Å². The smallest absolute Gasteiger partial charge is 0.308 e. The molecular formula is C14H17NO4. The highest BCUT2D eigenvalue weighted by molar-refractivity contribution is 5.88. The summed E-state index contributed by atoms with van der Waals surface area (Å²) in [5.41, 5.74) is 0.917. The van der Waals surface area contributed by atoms with E-state index in [9.17, 15) is 14.7 Å². The van der Waals surface area contributed by atoms with Crippen LogP contribution in [-0.4, -0.2) is 29.1 Å². The van der Waals surface area contributed by atoms with Gasteiger partial charge in [-0.05, 0) is 12.5 Å². The molecule has 0 spiro atoms. The van der Waals surface area contributed by atoms with Gasteiger partial charge in [-0.1, -0.05) is 30.3 Å². The molecule has 2 N–H and O–H groups in total. The average Bonchev–Trinajstić information content (AvgIpc) is 2.36. The molecule has 1 fully saturated rings. The topological polar surface area (TPSA) is 75.6 Å². The number of carbonyl (C=O) groups is 2. The third kappa shape index (κ3) is 3.32. The minimum absolute atomic E-state index is 0.0914. The largest absolute Gasteiger partial charge is 0.461 e. The number of hydrogen-bond donors (Lipinski definition) is 2. The zero-order chi connectivity index (χ0) is 13.8. The highest BCUT2D eigenvalue weighted by atomic mass is 16.5. The summed E-state index contributed by atoms with van der Waals surface area (Å²) in [5.74, 6) is -1.10. The van der Waals surface area contributed by atoms with E-state index in [0.717, 1.165) is 5.56 Å². The van der Waals surface area contributed by atoms with Crippen LogP contribution in [0.3, 0.4) is 0 Å². The Morgan fingerprint density at radius 2 is 2.11 bits per heavy atom. The van der Waals surface area contributed by atoms with Gasteiger partial charge in [-0.15, -0.1) is 0 Å². The molecule has 1 amide bonds. The third-order valence-electron chi connectivity index (χ3n) is 3.21. The Morgan fingerprint density at radius 1 is 1.42 bits per heavy atom. The molecule has 1 aromatic rings. The Morgan fingerprint density at radius 3 is 2.68 bits per heavy atom. The maximum absolute atomic E-state index is 11.6. The first-order valence-electron chi connectivity index (χ1n) is 6.26. The van der Waals surface area contributed by atoms with Crippen LogP contribution in [0.1, 0.15) is 18.9 Å². The number of aliphatic hydroxyl groups excluding tert-OH is 1. The molecule has 1 saturated heterocycles. The predicted octanol–water partition coefficient (Wildman–Crippen LogP) is 0.615. The molecule has 0 saturated carbocycles. The molecule has 1 heterocycles. The second-order valence-electron chi connectivity index (χ2n) is 4.73. The number of benzene rings is 1.